The van der Waals surface area contributed by atoms with E-state index in [1.54, 1.807) is 54.2 Å². The molecule has 7 nitrogen and oxygen atoms in total. The van der Waals surface area contributed by atoms with Gasteiger partial charge in [-0.3, -0.25) is 14.0 Å². The van der Waals surface area contributed by atoms with Crippen LogP contribution in [0, 0.1) is 24.5 Å². The van der Waals surface area contributed by atoms with Crippen LogP contribution in [-0.4, -0.2) is 29.4 Å². The van der Waals surface area contributed by atoms with E-state index in [2.05, 4.69) is 15.1 Å². The van der Waals surface area contributed by atoms with Gasteiger partial charge in [0.25, 0.3) is 5.56 Å². The highest BCUT2D eigenvalue weighted by molar-refractivity contribution is 5.67. The zero-order valence-corrected chi connectivity index (χ0v) is 22.8. The van der Waals surface area contributed by atoms with Crippen molar-refractivity contribution in [1.82, 2.24) is 24.3 Å². The minimum Gasteiger partial charge on any atom is -0.494 e. The molecule has 41 heavy (non-hydrogen) atoms. The Bertz CT molecular complexity index is 1760. The molecule has 0 aliphatic rings. The summed E-state index contributed by atoms with van der Waals surface area (Å²) in [5.74, 6) is -2.33. The highest BCUT2D eigenvalue weighted by Crippen LogP contribution is 2.34. The van der Waals surface area contributed by atoms with Crippen LogP contribution in [0.2, 0.25) is 0 Å². The molecule has 0 amide bonds. The predicted octanol–water partition coefficient (Wildman–Crippen LogP) is 6.21. The van der Waals surface area contributed by atoms with Crippen LogP contribution in [0.15, 0.2) is 71.8 Å². The van der Waals surface area contributed by atoms with E-state index in [4.69, 9.17) is 0 Å². The molecule has 0 spiro atoms. The lowest BCUT2D eigenvalue weighted by atomic mass is 9.98. The topological polar surface area (TPSA) is 85.8 Å². The van der Waals surface area contributed by atoms with E-state index in [1.165, 1.54) is 22.9 Å². The highest BCUT2D eigenvalue weighted by atomic mass is 19.1. The van der Waals surface area contributed by atoms with Crippen molar-refractivity contribution < 1.29 is 18.3 Å². The molecule has 1 atom stereocenters. The van der Waals surface area contributed by atoms with Crippen molar-refractivity contribution in [3.05, 3.63) is 117 Å². The molecule has 2 aromatic carbocycles. The van der Waals surface area contributed by atoms with E-state index in [1.807, 2.05) is 13.8 Å². The fourth-order valence-corrected chi connectivity index (χ4v) is 5.01. The molecule has 5 rings (SSSR count). The van der Waals surface area contributed by atoms with Gasteiger partial charge < -0.3 is 5.11 Å². The molecule has 0 saturated heterocycles. The minimum atomic E-state index is -0.756. The van der Waals surface area contributed by atoms with E-state index >= 15 is 0 Å². The molecule has 0 bridgehead atoms. The summed E-state index contributed by atoms with van der Waals surface area (Å²) < 4.78 is 45.5. The number of aromatic hydroxyl groups is 1. The van der Waals surface area contributed by atoms with Crippen molar-refractivity contribution >= 4 is 0 Å². The number of rotatable bonds is 8. The van der Waals surface area contributed by atoms with Crippen LogP contribution >= 0.6 is 0 Å². The Kier molecular flexibility index (Phi) is 7.74. The van der Waals surface area contributed by atoms with E-state index in [-0.39, 0.29) is 29.3 Å². The quantitative estimate of drug-likeness (QED) is 0.229. The first kappa shape index (κ1) is 27.8. The molecular weight excluding hydrogens is 531 g/mol. The van der Waals surface area contributed by atoms with Gasteiger partial charge in [-0.1, -0.05) is 31.2 Å². The van der Waals surface area contributed by atoms with Gasteiger partial charge >= 0.3 is 0 Å². The molecule has 0 radical (unpaired) electrons. The normalized spacial score (nSPS) is 12.0. The van der Waals surface area contributed by atoms with Gasteiger partial charge in [0.05, 0.1) is 11.6 Å². The molecule has 0 saturated carbocycles. The Labute approximate surface area is 234 Å². The molecule has 0 aliphatic carbocycles. The molecule has 1 N–H and O–H groups in total. The minimum absolute atomic E-state index is 0.0258. The van der Waals surface area contributed by atoms with Crippen LogP contribution in [0.1, 0.15) is 48.6 Å². The smallest absolute Gasteiger partial charge is 0.280 e. The van der Waals surface area contributed by atoms with Crippen LogP contribution in [0.3, 0.4) is 0 Å². The average molecular weight is 560 g/mol. The summed E-state index contributed by atoms with van der Waals surface area (Å²) in [6, 6.07) is 13.0. The fourth-order valence-electron chi connectivity index (χ4n) is 5.01. The Morgan fingerprint density at radius 1 is 0.976 bits per heavy atom. The van der Waals surface area contributed by atoms with Gasteiger partial charge in [0.15, 0.2) is 5.82 Å². The number of benzene rings is 2. The number of halogens is 3. The van der Waals surface area contributed by atoms with E-state index < -0.39 is 29.2 Å². The highest BCUT2D eigenvalue weighted by Gasteiger charge is 2.26. The monoisotopic (exact) mass is 559 g/mol. The van der Waals surface area contributed by atoms with Gasteiger partial charge in [0, 0.05) is 37.0 Å². The van der Waals surface area contributed by atoms with Gasteiger partial charge in [0.1, 0.15) is 17.3 Å². The molecule has 0 unspecified atom stereocenters. The number of pyridine rings is 1. The third-order valence-electron chi connectivity index (χ3n) is 7.14. The molecule has 0 fully saturated rings. The van der Waals surface area contributed by atoms with Crippen molar-refractivity contribution in [3.8, 4) is 28.5 Å². The maximum atomic E-state index is 14.2. The SMILES string of the molecule is CC[C@@H](c1cc(F)cc(F)c1)n1c(-c2ccn(CC)n2)nc(=O)c(Cc2ccc(-c3ccnc(F)c3C)cc2)c1O. The third-order valence-corrected chi connectivity index (χ3v) is 7.14. The molecule has 10 heteroatoms. The van der Waals surface area contributed by atoms with Gasteiger partial charge in [-0.15, -0.1) is 0 Å². The predicted molar refractivity (Wildman–Crippen MR) is 149 cm³/mol. The van der Waals surface area contributed by atoms with Crippen molar-refractivity contribution in [1.29, 1.82) is 0 Å². The van der Waals surface area contributed by atoms with Gasteiger partial charge in [-0.25, -0.2) is 13.8 Å². The molecule has 5 aromatic rings. The average Bonchev–Trinajstić information content (AvgIpc) is 3.43. The Hall–Kier alpha value is -4.73. The molecule has 3 heterocycles. The summed E-state index contributed by atoms with van der Waals surface area (Å²) >= 11 is 0. The zero-order chi connectivity index (χ0) is 29.3. The first-order valence-corrected chi connectivity index (χ1v) is 13.2. The Balaban J connectivity index is 1.61. The maximum Gasteiger partial charge on any atom is 0.280 e. The lowest BCUT2D eigenvalue weighted by molar-refractivity contribution is 0.381. The second-order valence-corrected chi connectivity index (χ2v) is 9.74. The summed E-state index contributed by atoms with van der Waals surface area (Å²) in [5, 5.41) is 16.0. The second kappa shape index (κ2) is 11.4. The summed E-state index contributed by atoms with van der Waals surface area (Å²) in [4.78, 5) is 21.3. The van der Waals surface area contributed by atoms with Crippen molar-refractivity contribution in [2.24, 2.45) is 0 Å². The Morgan fingerprint density at radius 3 is 2.32 bits per heavy atom. The molecule has 3 aromatic heterocycles. The summed E-state index contributed by atoms with van der Waals surface area (Å²) in [7, 11) is 0. The zero-order valence-electron chi connectivity index (χ0n) is 22.8. The standard InChI is InChI=1S/C31H28F3N5O2/c1-4-27(21-15-22(32)17-23(33)16-21)39-29(26-11-13-38(5-2)37-26)36-30(40)25(31(39)41)14-19-6-8-20(9-7-19)24-10-12-35-28(34)18(24)3/h6-13,15-17,27,41H,4-5,14H2,1-3H3/t27-/m0/s1. The van der Waals surface area contributed by atoms with E-state index in [9.17, 15) is 23.1 Å². The number of aromatic nitrogens is 5. The number of nitrogens with zero attached hydrogens (tertiary/aromatic N) is 5. The second-order valence-electron chi connectivity index (χ2n) is 9.74. The lowest BCUT2D eigenvalue weighted by Crippen LogP contribution is -2.24. The first-order chi connectivity index (χ1) is 19.7. The summed E-state index contributed by atoms with van der Waals surface area (Å²) in [6.45, 7) is 5.93. The third kappa shape index (κ3) is 5.50. The summed E-state index contributed by atoms with van der Waals surface area (Å²) in [5.41, 5.74) is 2.59. The maximum absolute atomic E-state index is 14.2. The van der Waals surface area contributed by atoms with Crippen LogP contribution in [0.25, 0.3) is 22.6 Å². The first-order valence-electron chi connectivity index (χ1n) is 13.2. The summed E-state index contributed by atoms with van der Waals surface area (Å²) in [6.07, 6.45) is 3.49. The van der Waals surface area contributed by atoms with E-state index in [0.717, 1.165) is 11.6 Å². The molecule has 0 aliphatic heterocycles. The van der Waals surface area contributed by atoms with Crippen LogP contribution in [0.4, 0.5) is 13.2 Å². The van der Waals surface area contributed by atoms with Crippen molar-refractivity contribution in [3.63, 3.8) is 0 Å². The van der Waals surface area contributed by atoms with Crippen LogP contribution < -0.4 is 5.56 Å². The molecule has 210 valence electrons. The number of aryl methyl sites for hydroxylation is 1. The number of hydrogen-bond acceptors (Lipinski definition) is 5. The van der Waals surface area contributed by atoms with Gasteiger partial charge in [-0.05, 0) is 66.8 Å². The number of hydrogen-bond donors (Lipinski definition) is 1. The van der Waals surface area contributed by atoms with Gasteiger partial charge in [-0.2, -0.15) is 14.5 Å². The van der Waals surface area contributed by atoms with Crippen molar-refractivity contribution in [2.75, 3.05) is 0 Å². The Morgan fingerprint density at radius 2 is 1.68 bits per heavy atom. The van der Waals surface area contributed by atoms with Crippen LogP contribution in [-0.2, 0) is 13.0 Å². The molecular formula is C31H28F3N5O2. The largest absolute Gasteiger partial charge is 0.494 e. The van der Waals surface area contributed by atoms with E-state index in [0.29, 0.717) is 35.3 Å². The fraction of sp³-hybridized carbons (Fsp3) is 0.226. The van der Waals surface area contributed by atoms with Gasteiger partial charge in [0.2, 0.25) is 11.8 Å². The van der Waals surface area contributed by atoms with Crippen LogP contribution in [0.5, 0.6) is 5.88 Å². The van der Waals surface area contributed by atoms with Crippen molar-refractivity contribution in [2.45, 2.75) is 46.2 Å². The lowest BCUT2D eigenvalue weighted by Gasteiger charge is -2.25.